The maximum absolute atomic E-state index is 12.6. The third kappa shape index (κ3) is 4.22. The lowest BCUT2D eigenvalue weighted by Crippen LogP contribution is -2.29. The van der Waals surface area contributed by atoms with E-state index >= 15 is 0 Å². The molecular formula is C20H22N2O2. The standard InChI is InChI=1S/C20H22N2O2/c1-14(23)21-13-15-7-9-18(10-8-15)20(24)22-19(17-11-12-17)16-5-3-2-4-6-16/h2-10,17,19H,11-13H2,1H3,(H,21,23)(H,22,24)/t19-/m1/s1. The van der Waals surface area contributed by atoms with Crippen LogP contribution in [0.3, 0.4) is 0 Å². The highest BCUT2D eigenvalue weighted by atomic mass is 16.2. The quantitative estimate of drug-likeness (QED) is 0.858. The van der Waals surface area contributed by atoms with Gasteiger partial charge in [-0.05, 0) is 42.0 Å². The summed E-state index contributed by atoms with van der Waals surface area (Å²) in [7, 11) is 0. The average molecular weight is 322 g/mol. The number of amides is 2. The Morgan fingerprint density at radius 1 is 1.04 bits per heavy atom. The summed E-state index contributed by atoms with van der Waals surface area (Å²) in [6.07, 6.45) is 2.32. The molecule has 0 aromatic heterocycles. The average Bonchev–Trinajstić information content (AvgIpc) is 3.44. The molecule has 1 atom stereocenters. The number of rotatable bonds is 6. The Bertz CT molecular complexity index is 706. The molecule has 0 spiro atoms. The molecule has 1 aliphatic carbocycles. The predicted molar refractivity (Wildman–Crippen MR) is 93.3 cm³/mol. The zero-order chi connectivity index (χ0) is 16.9. The summed E-state index contributed by atoms with van der Waals surface area (Å²) in [5.41, 5.74) is 2.78. The van der Waals surface area contributed by atoms with E-state index in [-0.39, 0.29) is 17.9 Å². The molecule has 2 amide bonds. The number of nitrogens with one attached hydrogen (secondary N) is 2. The molecule has 24 heavy (non-hydrogen) atoms. The highest BCUT2D eigenvalue weighted by Crippen LogP contribution is 2.41. The van der Waals surface area contributed by atoms with Gasteiger partial charge in [0, 0.05) is 19.0 Å². The fourth-order valence-electron chi connectivity index (χ4n) is 2.79. The van der Waals surface area contributed by atoms with Crippen molar-refractivity contribution < 1.29 is 9.59 Å². The summed E-state index contributed by atoms with van der Waals surface area (Å²) in [6, 6.07) is 17.6. The van der Waals surface area contributed by atoms with Crippen LogP contribution in [0.1, 0.15) is 47.3 Å². The smallest absolute Gasteiger partial charge is 0.251 e. The second kappa shape index (κ2) is 7.30. The Hall–Kier alpha value is -2.62. The largest absolute Gasteiger partial charge is 0.352 e. The minimum Gasteiger partial charge on any atom is -0.352 e. The molecule has 3 rings (SSSR count). The number of carbonyl (C=O) groups is 2. The van der Waals surface area contributed by atoms with Crippen molar-refractivity contribution in [2.24, 2.45) is 5.92 Å². The Morgan fingerprint density at radius 2 is 1.71 bits per heavy atom. The lowest BCUT2D eigenvalue weighted by molar-refractivity contribution is -0.119. The molecular weight excluding hydrogens is 300 g/mol. The Balaban J connectivity index is 1.66. The highest BCUT2D eigenvalue weighted by molar-refractivity contribution is 5.94. The second-order valence-electron chi connectivity index (χ2n) is 6.31. The van der Waals surface area contributed by atoms with Gasteiger partial charge >= 0.3 is 0 Å². The summed E-state index contributed by atoms with van der Waals surface area (Å²) >= 11 is 0. The van der Waals surface area contributed by atoms with Gasteiger partial charge in [0.15, 0.2) is 0 Å². The fraction of sp³-hybridized carbons (Fsp3) is 0.300. The van der Waals surface area contributed by atoms with Crippen LogP contribution in [0.25, 0.3) is 0 Å². The summed E-state index contributed by atoms with van der Waals surface area (Å²) in [5.74, 6) is 0.421. The van der Waals surface area contributed by atoms with E-state index < -0.39 is 0 Å². The first-order chi connectivity index (χ1) is 11.6. The third-order valence-electron chi connectivity index (χ3n) is 4.30. The van der Waals surface area contributed by atoms with Gasteiger partial charge in [-0.25, -0.2) is 0 Å². The molecule has 1 saturated carbocycles. The van der Waals surface area contributed by atoms with Crippen LogP contribution < -0.4 is 10.6 Å². The summed E-state index contributed by atoms with van der Waals surface area (Å²) < 4.78 is 0. The van der Waals surface area contributed by atoms with Crippen LogP contribution >= 0.6 is 0 Å². The van der Waals surface area contributed by atoms with Gasteiger partial charge in [0.1, 0.15) is 0 Å². The molecule has 4 nitrogen and oxygen atoms in total. The lowest BCUT2D eigenvalue weighted by Gasteiger charge is -2.19. The van der Waals surface area contributed by atoms with Crippen molar-refractivity contribution >= 4 is 11.8 Å². The van der Waals surface area contributed by atoms with E-state index in [2.05, 4.69) is 22.8 Å². The molecule has 2 aromatic rings. The van der Waals surface area contributed by atoms with Crippen molar-refractivity contribution in [3.63, 3.8) is 0 Å². The van der Waals surface area contributed by atoms with Crippen molar-refractivity contribution in [3.05, 3.63) is 71.3 Å². The third-order valence-corrected chi connectivity index (χ3v) is 4.30. The van der Waals surface area contributed by atoms with E-state index in [1.54, 1.807) is 12.1 Å². The van der Waals surface area contributed by atoms with Crippen LogP contribution in [0.15, 0.2) is 54.6 Å². The van der Waals surface area contributed by atoms with Crippen molar-refractivity contribution in [1.29, 1.82) is 0 Å². The van der Waals surface area contributed by atoms with Gasteiger partial charge in [0.2, 0.25) is 5.91 Å². The highest BCUT2D eigenvalue weighted by Gasteiger charge is 2.33. The first-order valence-electron chi connectivity index (χ1n) is 8.32. The van der Waals surface area contributed by atoms with Crippen LogP contribution in [0.4, 0.5) is 0 Å². The second-order valence-corrected chi connectivity index (χ2v) is 6.31. The van der Waals surface area contributed by atoms with Crippen LogP contribution in [-0.2, 0) is 11.3 Å². The molecule has 0 heterocycles. The molecule has 0 saturated heterocycles. The maximum atomic E-state index is 12.6. The van der Waals surface area contributed by atoms with Gasteiger partial charge in [-0.3, -0.25) is 9.59 Å². The first-order valence-corrected chi connectivity index (χ1v) is 8.32. The van der Waals surface area contributed by atoms with Gasteiger partial charge in [0.05, 0.1) is 6.04 Å². The molecule has 0 bridgehead atoms. The Morgan fingerprint density at radius 3 is 2.29 bits per heavy atom. The Kier molecular flexibility index (Phi) is 4.94. The monoisotopic (exact) mass is 322 g/mol. The minimum atomic E-state index is -0.0630. The molecule has 2 aromatic carbocycles. The first kappa shape index (κ1) is 16.2. The van der Waals surface area contributed by atoms with E-state index in [0.717, 1.165) is 24.0 Å². The van der Waals surface area contributed by atoms with Gasteiger partial charge in [-0.2, -0.15) is 0 Å². The molecule has 1 aliphatic rings. The number of carbonyl (C=O) groups excluding carboxylic acids is 2. The summed E-state index contributed by atoms with van der Waals surface area (Å²) in [5, 5.41) is 5.92. The predicted octanol–water partition coefficient (Wildman–Crippen LogP) is 3.20. The van der Waals surface area contributed by atoms with E-state index in [4.69, 9.17) is 0 Å². The van der Waals surface area contributed by atoms with Gasteiger partial charge in [-0.15, -0.1) is 0 Å². The number of benzene rings is 2. The normalized spacial score (nSPS) is 14.7. The van der Waals surface area contributed by atoms with Crippen LogP contribution in [0, 0.1) is 5.92 Å². The zero-order valence-electron chi connectivity index (χ0n) is 13.8. The molecule has 2 N–H and O–H groups in total. The van der Waals surface area contributed by atoms with Gasteiger partial charge in [-0.1, -0.05) is 42.5 Å². The summed E-state index contributed by atoms with van der Waals surface area (Å²) in [4.78, 5) is 23.5. The number of hydrogen-bond donors (Lipinski definition) is 2. The SMILES string of the molecule is CC(=O)NCc1ccc(C(=O)N[C@H](c2ccccc2)C2CC2)cc1. The maximum Gasteiger partial charge on any atom is 0.251 e. The van der Waals surface area contributed by atoms with Crippen molar-refractivity contribution in [2.75, 3.05) is 0 Å². The topological polar surface area (TPSA) is 58.2 Å². The van der Waals surface area contributed by atoms with Crippen molar-refractivity contribution in [3.8, 4) is 0 Å². The molecule has 0 aliphatic heterocycles. The van der Waals surface area contributed by atoms with E-state index in [0.29, 0.717) is 18.0 Å². The van der Waals surface area contributed by atoms with E-state index in [9.17, 15) is 9.59 Å². The number of hydrogen-bond acceptors (Lipinski definition) is 2. The molecule has 4 heteroatoms. The van der Waals surface area contributed by atoms with E-state index in [1.807, 2.05) is 30.3 Å². The lowest BCUT2D eigenvalue weighted by atomic mass is 10.0. The molecule has 0 radical (unpaired) electrons. The van der Waals surface area contributed by atoms with E-state index in [1.165, 1.54) is 6.92 Å². The summed E-state index contributed by atoms with van der Waals surface area (Å²) in [6.45, 7) is 1.97. The van der Waals surface area contributed by atoms with Crippen molar-refractivity contribution in [2.45, 2.75) is 32.4 Å². The molecule has 0 unspecified atom stereocenters. The van der Waals surface area contributed by atoms with Crippen LogP contribution in [0.2, 0.25) is 0 Å². The zero-order valence-corrected chi connectivity index (χ0v) is 13.8. The van der Waals surface area contributed by atoms with Crippen LogP contribution in [0.5, 0.6) is 0 Å². The van der Waals surface area contributed by atoms with Crippen LogP contribution in [-0.4, -0.2) is 11.8 Å². The Labute approximate surface area is 142 Å². The minimum absolute atomic E-state index is 0.0539. The van der Waals surface area contributed by atoms with Gasteiger partial charge in [0.25, 0.3) is 5.91 Å². The van der Waals surface area contributed by atoms with Gasteiger partial charge < -0.3 is 10.6 Å². The van der Waals surface area contributed by atoms with Crippen molar-refractivity contribution in [1.82, 2.24) is 10.6 Å². The molecule has 124 valence electrons. The fourth-order valence-corrected chi connectivity index (χ4v) is 2.79. The molecule has 1 fully saturated rings.